The number of rotatable bonds is 0. The minimum atomic E-state index is -3.77. The summed E-state index contributed by atoms with van der Waals surface area (Å²) in [7, 11) is 0. The zero-order chi connectivity index (χ0) is 11.3. The molecule has 0 saturated heterocycles. The second-order valence-corrected chi connectivity index (χ2v) is 6.97. The Kier molecular flexibility index (Phi) is 1.97. The van der Waals surface area contributed by atoms with Gasteiger partial charge in [0.15, 0.2) is 0 Å². The van der Waals surface area contributed by atoms with Gasteiger partial charge in [0.05, 0.1) is 0 Å². The maximum atomic E-state index is 11.5. The summed E-state index contributed by atoms with van der Waals surface area (Å²) in [6.07, 6.45) is 0. The number of benzene rings is 1. The van der Waals surface area contributed by atoms with Gasteiger partial charge < -0.3 is 0 Å². The first kappa shape index (κ1) is 9.71. The molecule has 0 aromatic heterocycles. The summed E-state index contributed by atoms with van der Waals surface area (Å²) >= 11 is -3.77. The molecule has 0 aliphatic carbocycles. The summed E-state index contributed by atoms with van der Waals surface area (Å²) in [5.41, 5.74) is 0.549. The van der Waals surface area contributed by atoms with Crippen LogP contribution >= 0.6 is 0 Å². The van der Waals surface area contributed by atoms with Gasteiger partial charge in [-0.25, -0.2) is 0 Å². The molecular formula is C9H3InO6. The van der Waals surface area contributed by atoms with Crippen LogP contribution < -0.4 is 0 Å². The van der Waals surface area contributed by atoms with E-state index in [0.29, 0.717) is 0 Å². The molecule has 0 saturated carbocycles. The SMILES string of the molecule is O=C1[O][In]2[O]C(=O)c3cc1cc(c3)C(=O)[O]2. The van der Waals surface area contributed by atoms with E-state index < -0.39 is 40.7 Å². The molecular weight excluding hydrogens is 319 g/mol. The molecule has 0 radical (unpaired) electrons. The Balaban J connectivity index is 2.33. The van der Waals surface area contributed by atoms with Gasteiger partial charge in [-0.1, -0.05) is 0 Å². The van der Waals surface area contributed by atoms with Crippen LogP contribution in [-0.2, 0) is 8.56 Å². The van der Waals surface area contributed by atoms with E-state index in [0.717, 1.165) is 0 Å². The molecule has 0 spiro atoms. The fraction of sp³-hybridized carbons (Fsp3) is 0. The van der Waals surface area contributed by atoms with E-state index >= 15 is 0 Å². The molecule has 7 heteroatoms. The first-order valence-corrected chi connectivity index (χ1v) is 8.45. The summed E-state index contributed by atoms with van der Waals surface area (Å²) in [5.74, 6) is -1.82. The van der Waals surface area contributed by atoms with E-state index in [1.54, 1.807) is 0 Å². The van der Waals surface area contributed by atoms with Gasteiger partial charge in [-0.15, -0.1) is 0 Å². The molecule has 4 bridgehead atoms. The zero-order valence-electron chi connectivity index (χ0n) is 7.76. The molecule has 16 heavy (non-hydrogen) atoms. The molecule has 3 heterocycles. The van der Waals surface area contributed by atoms with Crippen LogP contribution in [0.3, 0.4) is 0 Å². The minimum absolute atomic E-state index is 0.183. The van der Waals surface area contributed by atoms with Crippen LogP contribution in [0.5, 0.6) is 0 Å². The molecule has 0 amide bonds. The Bertz CT molecular complexity index is 448. The molecule has 1 aromatic rings. The van der Waals surface area contributed by atoms with Gasteiger partial charge in [0.2, 0.25) is 0 Å². The summed E-state index contributed by atoms with van der Waals surface area (Å²) in [4.78, 5) is 34.5. The van der Waals surface area contributed by atoms with Gasteiger partial charge in [-0.05, 0) is 0 Å². The first-order chi connectivity index (χ1) is 7.63. The van der Waals surface area contributed by atoms with Gasteiger partial charge in [0.25, 0.3) is 0 Å². The maximum absolute atomic E-state index is 11.5. The Morgan fingerprint density at radius 2 is 1.00 bits per heavy atom. The normalized spacial score (nSPS) is 17.2. The fourth-order valence-electron chi connectivity index (χ4n) is 1.52. The van der Waals surface area contributed by atoms with Crippen molar-refractivity contribution in [3.8, 4) is 0 Å². The fourth-order valence-corrected chi connectivity index (χ4v) is 4.59. The number of fused-ring (bicyclic) bond motifs is 3. The quantitative estimate of drug-likeness (QED) is 0.677. The molecule has 0 fully saturated rings. The Morgan fingerprint density at radius 3 is 1.31 bits per heavy atom. The Morgan fingerprint density at radius 1 is 0.688 bits per heavy atom. The molecule has 0 unspecified atom stereocenters. The number of carbonyl (C=O) groups is 3. The summed E-state index contributed by atoms with van der Waals surface area (Å²) < 4.78 is 14.5. The van der Waals surface area contributed by atoms with Crippen LogP contribution in [0.1, 0.15) is 31.1 Å². The van der Waals surface area contributed by atoms with E-state index in [9.17, 15) is 14.4 Å². The van der Waals surface area contributed by atoms with Gasteiger partial charge in [-0.3, -0.25) is 0 Å². The van der Waals surface area contributed by atoms with E-state index in [-0.39, 0.29) is 16.7 Å². The van der Waals surface area contributed by atoms with Crippen molar-refractivity contribution in [2.24, 2.45) is 0 Å². The van der Waals surface area contributed by atoms with Gasteiger partial charge >= 0.3 is 98.5 Å². The third-order valence-corrected chi connectivity index (χ3v) is 5.73. The average molecular weight is 322 g/mol. The van der Waals surface area contributed by atoms with Crippen LogP contribution in [-0.4, -0.2) is 40.7 Å². The van der Waals surface area contributed by atoms with Crippen molar-refractivity contribution in [1.82, 2.24) is 0 Å². The topological polar surface area (TPSA) is 78.9 Å². The molecule has 0 atom stereocenters. The van der Waals surface area contributed by atoms with Crippen LogP contribution in [0.2, 0.25) is 0 Å². The molecule has 1 aromatic carbocycles. The molecule has 3 aliphatic heterocycles. The van der Waals surface area contributed by atoms with Crippen molar-refractivity contribution < 1.29 is 22.9 Å². The van der Waals surface area contributed by atoms with Crippen LogP contribution in [0.25, 0.3) is 0 Å². The molecule has 0 N–H and O–H groups in total. The van der Waals surface area contributed by atoms with Crippen LogP contribution in [0, 0.1) is 0 Å². The standard InChI is InChI=1S/C9H6O6.In/c10-7(11)4-1-5(8(12)13)3-6(2-4)9(14)15;/h1-3H,(H,10,11)(H,12,13)(H,14,15);/q;+3/p-3. The van der Waals surface area contributed by atoms with Crippen LogP contribution in [0.4, 0.5) is 0 Å². The monoisotopic (exact) mass is 322 g/mol. The third-order valence-electron chi connectivity index (χ3n) is 2.25. The van der Waals surface area contributed by atoms with Crippen molar-refractivity contribution >= 4 is 40.7 Å². The summed E-state index contributed by atoms with van der Waals surface area (Å²) in [6.45, 7) is 0. The van der Waals surface area contributed by atoms with Crippen molar-refractivity contribution in [3.05, 3.63) is 34.9 Å². The Hall–Kier alpha value is -1.50. The summed E-state index contributed by atoms with van der Waals surface area (Å²) in [5, 5.41) is 0. The number of hydrogen-bond acceptors (Lipinski definition) is 6. The van der Waals surface area contributed by atoms with Crippen molar-refractivity contribution in [3.63, 3.8) is 0 Å². The predicted octanol–water partition coefficient (Wildman–Crippen LogP) is 0.169. The first-order valence-electron chi connectivity index (χ1n) is 4.41. The second-order valence-electron chi connectivity index (χ2n) is 3.30. The molecule has 3 aliphatic rings. The molecule has 6 nitrogen and oxygen atoms in total. The van der Waals surface area contributed by atoms with Gasteiger partial charge in [0.1, 0.15) is 0 Å². The number of carbonyl (C=O) groups excluding carboxylic acids is 3. The van der Waals surface area contributed by atoms with E-state index in [1.165, 1.54) is 18.2 Å². The van der Waals surface area contributed by atoms with Gasteiger partial charge in [-0.2, -0.15) is 0 Å². The van der Waals surface area contributed by atoms with Crippen molar-refractivity contribution in [1.29, 1.82) is 0 Å². The average Bonchev–Trinajstić information content (AvgIpc) is 2.26. The number of hydrogen-bond donors (Lipinski definition) is 0. The Labute approximate surface area is 98.4 Å². The van der Waals surface area contributed by atoms with E-state index in [1.807, 2.05) is 0 Å². The van der Waals surface area contributed by atoms with E-state index in [4.69, 9.17) is 8.56 Å². The van der Waals surface area contributed by atoms with E-state index in [2.05, 4.69) is 0 Å². The van der Waals surface area contributed by atoms with Crippen LogP contribution in [0.15, 0.2) is 18.2 Å². The molecule has 4 rings (SSSR count). The summed E-state index contributed by atoms with van der Waals surface area (Å²) in [6, 6.07) is 4.03. The van der Waals surface area contributed by atoms with Gasteiger partial charge in [0, 0.05) is 0 Å². The third kappa shape index (κ3) is 1.39. The molecule has 78 valence electrons. The second kappa shape index (κ2) is 3.24. The van der Waals surface area contributed by atoms with Crippen molar-refractivity contribution in [2.45, 2.75) is 0 Å². The predicted molar refractivity (Wildman–Crippen MR) is 48.4 cm³/mol. The zero-order valence-corrected chi connectivity index (χ0v) is 11.1. The van der Waals surface area contributed by atoms with Crippen molar-refractivity contribution in [2.75, 3.05) is 0 Å².